The largest absolute Gasteiger partial charge is 0.480 e. The van der Waals surface area contributed by atoms with Gasteiger partial charge in [-0.25, -0.2) is 9.59 Å². The second kappa shape index (κ2) is 17.7. The SMILES string of the molecule is CC(OCc1ccccc1)[C@H](NC(=O)[C@H](Cc1ccccc1)NC(=O)OC(C)(C)C)C(=O)NC(COCc1ccccc1)C(=O)O. The third kappa shape index (κ3) is 12.7. The van der Waals surface area contributed by atoms with E-state index in [9.17, 15) is 24.3 Å². The summed E-state index contributed by atoms with van der Waals surface area (Å²) >= 11 is 0. The molecule has 0 bridgehead atoms. The Bertz CT molecular complexity index is 1400. The molecule has 0 aliphatic heterocycles. The second-order valence-corrected chi connectivity index (χ2v) is 11.8. The number of ether oxygens (including phenoxy) is 3. The highest BCUT2D eigenvalue weighted by atomic mass is 16.6. The molecule has 0 saturated heterocycles. The van der Waals surface area contributed by atoms with Gasteiger partial charge in [0.15, 0.2) is 6.04 Å². The lowest BCUT2D eigenvalue weighted by atomic mass is 10.0. The lowest BCUT2D eigenvalue weighted by Crippen LogP contribution is -2.60. The number of carbonyl (C=O) groups is 4. The first-order valence-corrected chi connectivity index (χ1v) is 15.1. The molecule has 46 heavy (non-hydrogen) atoms. The Morgan fingerprint density at radius 3 is 1.74 bits per heavy atom. The zero-order chi connectivity index (χ0) is 33.5. The van der Waals surface area contributed by atoms with Crippen molar-refractivity contribution in [2.24, 2.45) is 0 Å². The average molecular weight is 634 g/mol. The van der Waals surface area contributed by atoms with Crippen LogP contribution in [0.5, 0.6) is 0 Å². The number of nitrogens with one attached hydrogen (secondary N) is 3. The summed E-state index contributed by atoms with van der Waals surface area (Å²) in [5.41, 5.74) is 1.63. The van der Waals surface area contributed by atoms with Crippen molar-refractivity contribution < 1.29 is 38.5 Å². The van der Waals surface area contributed by atoms with Gasteiger partial charge in [0, 0.05) is 6.42 Å². The highest BCUT2D eigenvalue weighted by Gasteiger charge is 2.34. The number of hydrogen-bond acceptors (Lipinski definition) is 7. The molecule has 0 aromatic heterocycles. The Morgan fingerprint density at radius 1 is 0.696 bits per heavy atom. The minimum atomic E-state index is -1.41. The minimum absolute atomic E-state index is 0.102. The zero-order valence-electron chi connectivity index (χ0n) is 26.6. The smallest absolute Gasteiger partial charge is 0.408 e. The summed E-state index contributed by atoms with van der Waals surface area (Å²) in [6, 6.07) is 23.6. The van der Waals surface area contributed by atoms with Crippen molar-refractivity contribution in [3.63, 3.8) is 0 Å². The van der Waals surface area contributed by atoms with Gasteiger partial charge in [-0.2, -0.15) is 0 Å². The molecule has 0 heterocycles. The lowest BCUT2D eigenvalue weighted by Gasteiger charge is -2.29. The standard InChI is InChI=1S/C35H43N3O8/c1-24(45-22-27-18-12-7-13-19-27)30(32(40)36-29(33(41)42)23-44-21-26-16-10-6-11-17-26)38-31(39)28(20-25-14-8-5-9-15-25)37-34(43)46-35(2,3)4/h5-19,24,28-30H,20-23H2,1-4H3,(H,36,40)(H,37,43)(H,38,39)(H,41,42)/t24?,28-,29?,30-/m0/s1. The maximum Gasteiger partial charge on any atom is 0.408 e. The van der Waals surface area contributed by atoms with Crippen molar-refractivity contribution in [2.45, 2.75) is 77.2 Å². The molecule has 0 saturated carbocycles. The Kier molecular flexibility index (Phi) is 13.7. The summed E-state index contributed by atoms with van der Waals surface area (Å²) < 4.78 is 16.9. The van der Waals surface area contributed by atoms with Crippen molar-refractivity contribution in [2.75, 3.05) is 6.61 Å². The number of carbonyl (C=O) groups excluding carboxylic acids is 3. The van der Waals surface area contributed by atoms with E-state index in [0.29, 0.717) is 0 Å². The first-order valence-electron chi connectivity index (χ1n) is 15.1. The van der Waals surface area contributed by atoms with Crippen LogP contribution >= 0.6 is 0 Å². The van der Waals surface area contributed by atoms with Gasteiger partial charge in [0.1, 0.15) is 17.7 Å². The Hall–Kier alpha value is -4.74. The van der Waals surface area contributed by atoms with Crippen LogP contribution in [0.3, 0.4) is 0 Å². The molecule has 0 aliphatic carbocycles. The molecule has 4 N–H and O–H groups in total. The summed E-state index contributed by atoms with van der Waals surface area (Å²) in [7, 11) is 0. The predicted octanol–water partition coefficient (Wildman–Crippen LogP) is 4.00. The molecule has 3 aromatic rings. The number of benzene rings is 3. The molecular formula is C35H43N3O8. The third-order valence-electron chi connectivity index (χ3n) is 6.71. The molecule has 4 atom stereocenters. The van der Waals surface area contributed by atoms with Crippen LogP contribution < -0.4 is 16.0 Å². The number of carboxylic acids is 1. The topological polar surface area (TPSA) is 152 Å². The molecule has 2 unspecified atom stereocenters. The van der Waals surface area contributed by atoms with Crippen LogP contribution in [0.25, 0.3) is 0 Å². The van der Waals surface area contributed by atoms with Crippen molar-refractivity contribution in [3.8, 4) is 0 Å². The number of aliphatic carboxylic acids is 1. The second-order valence-electron chi connectivity index (χ2n) is 11.8. The van der Waals surface area contributed by atoms with Crippen LogP contribution in [0.4, 0.5) is 4.79 Å². The fraction of sp³-hybridized carbons (Fsp3) is 0.371. The van der Waals surface area contributed by atoms with Crippen LogP contribution in [0.2, 0.25) is 0 Å². The first-order chi connectivity index (χ1) is 21.9. The molecule has 246 valence electrons. The number of amides is 3. The van der Waals surface area contributed by atoms with Crippen molar-refractivity contribution in [1.29, 1.82) is 0 Å². The van der Waals surface area contributed by atoms with Gasteiger partial charge in [-0.3, -0.25) is 9.59 Å². The maximum absolute atomic E-state index is 13.7. The van der Waals surface area contributed by atoms with E-state index < -0.39 is 53.7 Å². The van der Waals surface area contributed by atoms with Crippen LogP contribution in [0, 0.1) is 0 Å². The quantitative estimate of drug-likeness (QED) is 0.185. The van der Waals surface area contributed by atoms with E-state index in [1.165, 1.54) is 0 Å². The Labute approximate surface area is 269 Å². The van der Waals surface area contributed by atoms with Crippen LogP contribution in [0.15, 0.2) is 91.0 Å². The van der Waals surface area contributed by atoms with E-state index in [-0.39, 0.29) is 26.2 Å². The molecule has 0 radical (unpaired) electrons. The van der Waals surface area contributed by atoms with E-state index in [2.05, 4.69) is 16.0 Å². The molecule has 0 spiro atoms. The molecule has 3 amide bonds. The Morgan fingerprint density at radius 2 is 1.22 bits per heavy atom. The van der Waals surface area contributed by atoms with Gasteiger partial charge in [0.2, 0.25) is 11.8 Å². The lowest BCUT2D eigenvalue weighted by molar-refractivity contribution is -0.145. The highest BCUT2D eigenvalue weighted by molar-refractivity contribution is 5.93. The first kappa shape index (κ1) is 35.7. The maximum atomic E-state index is 13.7. The van der Waals surface area contributed by atoms with Crippen molar-refractivity contribution >= 4 is 23.9 Å². The van der Waals surface area contributed by atoms with E-state index in [0.717, 1.165) is 16.7 Å². The van der Waals surface area contributed by atoms with E-state index in [4.69, 9.17) is 14.2 Å². The van der Waals surface area contributed by atoms with E-state index in [1.54, 1.807) is 52.0 Å². The van der Waals surface area contributed by atoms with Crippen molar-refractivity contribution in [1.82, 2.24) is 16.0 Å². The predicted molar refractivity (Wildman–Crippen MR) is 172 cm³/mol. The monoisotopic (exact) mass is 633 g/mol. The third-order valence-corrected chi connectivity index (χ3v) is 6.71. The van der Waals surface area contributed by atoms with Gasteiger partial charge in [0.05, 0.1) is 25.9 Å². The summed E-state index contributed by atoms with van der Waals surface area (Å²) in [4.78, 5) is 52.1. The number of carboxylic acid groups (broad SMARTS) is 1. The van der Waals surface area contributed by atoms with Crippen LogP contribution in [-0.2, 0) is 48.2 Å². The molecule has 11 heteroatoms. The zero-order valence-corrected chi connectivity index (χ0v) is 26.6. The minimum Gasteiger partial charge on any atom is -0.480 e. The average Bonchev–Trinajstić information content (AvgIpc) is 3.02. The van der Waals surface area contributed by atoms with Gasteiger partial charge in [-0.1, -0.05) is 91.0 Å². The fourth-order valence-corrected chi connectivity index (χ4v) is 4.36. The van der Waals surface area contributed by atoms with E-state index in [1.807, 2.05) is 66.7 Å². The molecule has 0 fully saturated rings. The van der Waals surface area contributed by atoms with Gasteiger partial charge < -0.3 is 35.3 Å². The molecule has 11 nitrogen and oxygen atoms in total. The van der Waals surface area contributed by atoms with E-state index >= 15 is 0 Å². The highest BCUT2D eigenvalue weighted by Crippen LogP contribution is 2.11. The fourth-order valence-electron chi connectivity index (χ4n) is 4.36. The number of alkyl carbamates (subject to hydrolysis) is 1. The van der Waals surface area contributed by atoms with Crippen molar-refractivity contribution in [3.05, 3.63) is 108 Å². The van der Waals surface area contributed by atoms with Gasteiger partial charge in [-0.15, -0.1) is 0 Å². The molecular weight excluding hydrogens is 590 g/mol. The molecule has 3 aromatic carbocycles. The van der Waals surface area contributed by atoms with Gasteiger partial charge >= 0.3 is 12.1 Å². The van der Waals surface area contributed by atoms with Gasteiger partial charge in [0.25, 0.3) is 0 Å². The normalized spacial score (nSPS) is 13.8. The molecule has 0 aliphatic rings. The summed E-state index contributed by atoms with van der Waals surface area (Å²) in [5.74, 6) is -2.78. The number of rotatable bonds is 16. The summed E-state index contributed by atoms with van der Waals surface area (Å²) in [5, 5.41) is 17.6. The molecule has 3 rings (SSSR count). The summed E-state index contributed by atoms with van der Waals surface area (Å²) in [6.45, 7) is 6.67. The van der Waals surface area contributed by atoms with Crippen LogP contribution in [0.1, 0.15) is 44.4 Å². The summed E-state index contributed by atoms with van der Waals surface area (Å²) in [6.07, 6.45) is -1.60. The van der Waals surface area contributed by atoms with Gasteiger partial charge in [-0.05, 0) is 44.4 Å². The number of hydrogen-bond donors (Lipinski definition) is 4. The Balaban J connectivity index is 1.79. The van der Waals surface area contributed by atoms with Crippen LogP contribution in [-0.4, -0.2) is 65.4 Å².